The molecule has 0 amide bonds. The summed E-state index contributed by atoms with van der Waals surface area (Å²) in [6.45, 7) is 18.5. The number of ketones is 1. The van der Waals surface area contributed by atoms with Crippen molar-refractivity contribution in [3.63, 3.8) is 0 Å². The van der Waals surface area contributed by atoms with Crippen molar-refractivity contribution in [2.45, 2.75) is 138 Å². The van der Waals surface area contributed by atoms with Crippen LogP contribution in [0.25, 0.3) is 0 Å². The molecule has 0 N–H and O–H groups in total. The fourth-order valence-electron chi connectivity index (χ4n) is 6.55. The van der Waals surface area contributed by atoms with Crippen molar-refractivity contribution in [3.8, 4) is 12.3 Å². The Bertz CT molecular complexity index is 923. The monoisotopic (exact) mass is 644 g/mol. The van der Waals surface area contributed by atoms with Gasteiger partial charge in [-0.25, -0.2) is 6.42 Å². The summed E-state index contributed by atoms with van der Waals surface area (Å²) in [5.74, 6) is 5.38. The minimum Gasteiger partial charge on any atom is -0.381 e. The number of alkyl halides is 3. The molecule has 4 rings (SSSR count). The van der Waals surface area contributed by atoms with Gasteiger partial charge < -0.3 is 18.1 Å². The molecule has 0 radical (unpaired) electrons. The van der Waals surface area contributed by atoms with Gasteiger partial charge in [-0.15, -0.1) is 24.3 Å². The number of Topliss-reactive ketones (excluding diaryl/α,β-unsaturated/α-hetero) is 1. The van der Waals surface area contributed by atoms with Gasteiger partial charge in [0.1, 0.15) is 5.78 Å². The fourth-order valence-corrected chi connectivity index (χ4v) is 6.55. The van der Waals surface area contributed by atoms with Crippen molar-refractivity contribution in [1.82, 2.24) is 0 Å². The number of carbonyl (C=O) groups excluding carboxylic acids is 1. The number of methoxy groups -OCH3 is 1. The van der Waals surface area contributed by atoms with Crippen LogP contribution in [0.3, 0.4) is 0 Å². The molecular formula is C38H60F3KO2-2. The third-order valence-corrected chi connectivity index (χ3v) is 9.01. The molecule has 3 fully saturated rings. The van der Waals surface area contributed by atoms with Gasteiger partial charge in [0.25, 0.3) is 0 Å². The quantitative estimate of drug-likeness (QED) is 0.177. The maximum absolute atomic E-state index is 12.1. The van der Waals surface area contributed by atoms with Crippen LogP contribution in [0, 0.1) is 60.8 Å². The Morgan fingerprint density at radius 2 is 1.86 bits per heavy atom. The Kier molecular flexibility index (Phi) is 26.0. The maximum Gasteiger partial charge on any atom is 1.00 e. The number of terminal acetylenes is 1. The first kappa shape index (κ1) is 46.0. The van der Waals surface area contributed by atoms with Crippen LogP contribution in [0.15, 0.2) is 18.2 Å². The number of hydrogen-bond acceptors (Lipinski definition) is 2. The predicted octanol–water partition coefficient (Wildman–Crippen LogP) is 8.37. The van der Waals surface area contributed by atoms with Crippen molar-refractivity contribution in [1.29, 1.82) is 0 Å². The second kappa shape index (κ2) is 24.9. The molecule has 0 aromatic heterocycles. The van der Waals surface area contributed by atoms with Crippen molar-refractivity contribution < 1.29 is 74.1 Å². The molecule has 6 unspecified atom stereocenters. The van der Waals surface area contributed by atoms with Crippen molar-refractivity contribution in [3.05, 3.63) is 48.7 Å². The number of fused-ring (bicyclic) bond motifs is 1. The standard InChI is InChI=1S/C12H20O.C9H4F3.C8H16O.C7H14.C2H6.K/c1-3-10-7-11-5-4-6-12(11,8-10)9(2)13;1-2-7-5-3-4-6-8(7)9(10,11)12;1-7-5-3-4-6-8(7)9-2;1-4-5-6-7(2)3;1-2;/h10-11H,3-8H2,1-2H3;1,3-4,6H;7-8H,3-6H2,1-2H3;5,7H,2,4,6H2,1,3H3;1-2H3;/q;-1;;-2;;+1. The SMILES string of the molecule is C#Cc1[c-]cccc1C(F)(F)F.CC.CCC1CC2CCCC2(C(C)=O)C1.COC1CCCCC1C.[CH2-]C(C)C[CH-]CC.[K+]. The smallest absolute Gasteiger partial charge is 0.381 e. The predicted molar refractivity (Wildman–Crippen MR) is 175 cm³/mol. The van der Waals surface area contributed by atoms with E-state index in [1.165, 1.54) is 82.8 Å². The molecule has 0 aliphatic heterocycles. The summed E-state index contributed by atoms with van der Waals surface area (Å²) in [5, 5.41) is 0. The molecule has 6 heteroatoms. The van der Waals surface area contributed by atoms with Crippen LogP contribution >= 0.6 is 0 Å². The topological polar surface area (TPSA) is 26.3 Å². The van der Waals surface area contributed by atoms with Crippen LogP contribution < -0.4 is 51.4 Å². The van der Waals surface area contributed by atoms with Gasteiger partial charge in [-0.1, -0.05) is 72.8 Å². The molecule has 0 saturated heterocycles. The van der Waals surface area contributed by atoms with E-state index in [0.29, 0.717) is 17.8 Å². The summed E-state index contributed by atoms with van der Waals surface area (Å²) >= 11 is 0. The first-order valence-electron chi connectivity index (χ1n) is 16.6. The van der Waals surface area contributed by atoms with Gasteiger partial charge in [-0.2, -0.15) is 37.9 Å². The summed E-state index contributed by atoms with van der Waals surface area (Å²) in [4.78, 5) is 11.7. The van der Waals surface area contributed by atoms with Gasteiger partial charge in [0.05, 0.1) is 6.10 Å². The molecule has 0 spiro atoms. The van der Waals surface area contributed by atoms with Crippen LogP contribution in [0.2, 0.25) is 0 Å². The first-order valence-corrected chi connectivity index (χ1v) is 16.6. The molecule has 6 atom stereocenters. The van der Waals surface area contributed by atoms with Crippen molar-refractivity contribution in [2.24, 2.45) is 29.1 Å². The van der Waals surface area contributed by atoms with E-state index in [0.717, 1.165) is 30.2 Å². The van der Waals surface area contributed by atoms with E-state index < -0.39 is 11.7 Å². The number of ether oxygens (including phenoxy) is 1. The van der Waals surface area contributed by atoms with E-state index in [2.05, 4.69) is 47.1 Å². The minimum absolute atomic E-state index is 0. The Hall–Kier alpha value is -0.164. The fraction of sp³-hybridized carbons (Fsp3) is 0.711. The van der Waals surface area contributed by atoms with Gasteiger partial charge in [0, 0.05) is 12.5 Å². The summed E-state index contributed by atoms with van der Waals surface area (Å²) in [7, 11) is 1.83. The second-order valence-electron chi connectivity index (χ2n) is 12.2. The third kappa shape index (κ3) is 16.1. The summed E-state index contributed by atoms with van der Waals surface area (Å²) in [6, 6.07) is 5.88. The van der Waals surface area contributed by atoms with Crippen molar-refractivity contribution >= 4 is 5.78 Å². The Morgan fingerprint density at radius 3 is 2.25 bits per heavy atom. The van der Waals surface area contributed by atoms with E-state index in [1.807, 2.05) is 33.8 Å². The van der Waals surface area contributed by atoms with Gasteiger partial charge in [-0.3, -0.25) is 4.79 Å². The van der Waals surface area contributed by atoms with Gasteiger partial charge in [-0.05, 0) is 68.8 Å². The van der Waals surface area contributed by atoms with Crippen LogP contribution in [0.5, 0.6) is 0 Å². The van der Waals surface area contributed by atoms with Crippen LogP contribution in [-0.4, -0.2) is 19.0 Å². The van der Waals surface area contributed by atoms with E-state index >= 15 is 0 Å². The molecule has 3 aliphatic rings. The summed E-state index contributed by atoms with van der Waals surface area (Å²) < 4.78 is 41.7. The molecule has 0 bridgehead atoms. The van der Waals surface area contributed by atoms with Crippen LogP contribution in [0.4, 0.5) is 13.2 Å². The molecule has 1 aromatic carbocycles. The maximum atomic E-state index is 12.1. The molecule has 248 valence electrons. The average Bonchev–Trinajstić information content (AvgIpc) is 3.57. The molecular weight excluding hydrogens is 585 g/mol. The normalized spacial score (nSPS) is 25.7. The molecule has 0 heterocycles. The third-order valence-electron chi connectivity index (χ3n) is 9.01. The van der Waals surface area contributed by atoms with Crippen molar-refractivity contribution in [2.75, 3.05) is 7.11 Å². The number of benzene rings is 1. The number of unbranched alkanes of at least 4 members (excludes halogenated alkanes) is 1. The summed E-state index contributed by atoms with van der Waals surface area (Å²) in [5.41, 5.74) is -0.918. The van der Waals surface area contributed by atoms with Gasteiger partial charge >= 0.3 is 57.6 Å². The van der Waals surface area contributed by atoms with E-state index in [-0.39, 0.29) is 62.4 Å². The molecule has 44 heavy (non-hydrogen) atoms. The average molecular weight is 645 g/mol. The number of carbonyl (C=O) groups is 1. The zero-order chi connectivity index (χ0) is 33.1. The van der Waals surface area contributed by atoms with E-state index in [1.54, 1.807) is 0 Å². The number of rotatable bonds is 6. The minimum atomic E-state index is -4.39. The van der Waals surface area contributed by atoms with Crippen LogP contribution in [0.1, 0.15) is 137 Å². The largest absolute Gasteiger partial charge is 1.00 e. The zero-order valence-corrected chi connectivity index (χ0v) is 32.5. The van der Waals surface area contributed by atoms with Gasteiger partial charge in [0.15, 0.2) is 0 Å². The first-order chi connectivity index (χ1) is 20.4. The summed E-state index contributed by atoms with van der Waals surface area (Å²) in [6.07, 6.45) is 18.6. The molecule has 1 aromatic rings. The van der Waals surface area contributed by atoms with E-state index in [4.69, 9.17) is 11.2 Å². The molecule has 3 saturated carbocycles. The zero-order valence-electron chi connectivity index (χ0n) is 29.4. The number of halogens is 3. The second-order valence-corrected chi connectivity index (χ2v) is 12.2. The Labute approximate surface area is 312 Å². The Morgan fingerprint density at radius 1 is 1.23 bits per heavy atom. The number of hydrogen-bond donors (Lipinski definition) is 0. The van der Waals surface area contributed by atoms with Crippen LogP contribution in [-0.2, 0) is 15.7 Å². The Balaban J connectivity index is 0. The van der Waals surface area contributed by atoms with Gasteiger partial charge in [0.2, 0.25) is 0 Å². The molecule has 2 nitrogen and oxygen atoms in total. The molecule has 3 aliphatic carbocycles. The van der Waals surface area contributed by atoms with E-state index in [9.17, 15) is 18.0 Å².